The molecule has 0 radical (unpaired) electrons. The molecule has 1 aromatic rings. The Hall–Kier alpha value is -2.65. The molecule has 2 rings (SSSR count). The monoisotopic (exact) mass is 463 g/mol. The Labute approximate surface area is 196 Å². The highest BCUT2D eigenvalue weighted by Crippen LogP contribution is 2.21. The van der Waals surface area contributed by atoms with E-state index in [-0.39, 0.29) is 11.9 Å². The predicted octanol–water partition coefficient (Wildman–Crippen LogP) is 3.57. The summed E-state index contributed by atoms with van der Waals surface area (Å²) >= 11 is 0. The summed E-state index contributed by atoms with van der Waals surface area (Å²) in [5, 5.41) is 10.5. The Morgan fingerprint density at radius 1 is 1.15 bits per heavy atom. The molecule has 9 nitrogen and oxygen atoms in total. The Morgan fingerprint density at radius 3 is 2.58 bits per heavy atom. The fourth-order valence-corrected chi connectivity index (χ4v) is 3.47. The number of ether oxygens (including phenoxy) is 2. The van der Waals surface area contributed by atoms with Gasteiger partial charge >= 0.3 is 12.0 Å². The fourth-order valence-electron chi connectivity index (χ4n) is 3.47. The van der Waals surface area contributed by atoms with Crippen LogP contribution >= 0.6 is 0 Å². The molecular formula is C24H37N3O6. The first kappa shape index (κ1) is 26.6. The van der Waals surface area contributed by atoms with Gasteiger partial charge in [-0.2, -0.15) is 5.43 Å². The number of carbonyl (C=O) groups excluding carboxylic acids is 2. The number of aryl methyl sites for hydroxylation is 1. The third-order valence-electron chi connectivity index (χ3n) is 5.49. The Morgan fingerprint density at radius 2 is 1.88 bits per heavy atom. The van der Waals surface area contributed by atoms with Gasteiger partial charge in [-0.15, -0.1) is 0 Å². The van der Waals surface area contributed by atoms with Crippen molar-refractivity contribution in [3.8, 4) is 5.75 Å². The van der Waals surface area contributed by atoms with Gasteiger partial charge in [-0.25, -0.2) is 9.59 Å². The molecule has 3 amide bonds. The van der Waals surface area contributed by atoms with Gasteiger partial charge in [0.2, 0.25) is 6.23 Å². The average Bonchev–Trinajstić information content (AvgIpc) is 2.76. The highest BCUT2D eigenvalue weighted by molar-refractivity contribution is 5.98. The van der Waals surface area contributed by atoms with Crippen LogP contribution in [0.4, 0.5) is 4.79 Å². The molecule has 0 saturated carbocycles. The number of rotatable bonds is 14. The molecule has 1 atom stereocenters. The fraction of sp³-hybridized carbons (Fsp3) is 0.625. The summed E-state index contributed by atoms with van der Waals surface area (Å²) in [6, 6.07) is 6.91. The van der Waals surface area contributed by atoms with Crippen LogP contribution in [0.1, 0.15) is 64.9 Å². The molecule has 1 aliphatic rings. The normalized spacial score (nSPS) is 16.9. The number of imide groups is 1. The van der Waals surface area contributed by atoms with Crippen LogP contribution in [-0.2, 0) is 20.7 Å². The van der Waals surface area contributed by atoms with Crippen molar-refractivity contribution < 1.29 is 29.0 Å². The van der Waals surface area contributed by atoms with E-state index in [1.807, 2.05) is 12.1 Å². The molecule has 1 heterocycles. The van der Waals surface area contributed by atoms with Gasteiger partial charge in [0.05, 0.1) is 0 Å². The van der Waals surface area contributed by atoms with Crippen molar-refractivity contribution in [2.24, 2.45) is 0 Å². The van der Waals surface area contributed by atoms with Crippen LogP contribution in [0, 0.1) is 0 Å². The first-order valence-electron chi connectivity index (χ1n) is 11.6. The van der Waals surface area contributed by atoms with E-state index in [4.69, 9.17) is 9.47 Å². The maximum Gasteiger partial charge on any atom is 0.347 e. The third kappa shape index (κ3) is 8.01. The molecule has 33 heavy (non-hydrogen) atoms. The van der Waals surface area contributed by atoms with E-state index in [0.29, 0.717) is 31.7 Å². The minimum Gasteiger partial charge on any atom is -0.478 e. The quantitative estimate of drug-likeness (QED) is 0.406. The maximum atomic E-state index is 12.7. The zero-order valence-corrected chi connectivity index (χ0v) is 20.1. The summed E-state index contributed by atoms with van der Waals surface area (Å²) < 4.78 is 11.3. The van der Waals surface area contributed by atoms with Gasteiger partial charge in [-0.1, -0.05) is 44.7 Å². The molecule has 0 aromatic heterocycles. The third-order valence-corrected chi connectivity index (χ3v) is 5.49. The molecule has 0 spiro atoms. The van der Waals surface area contributed by atoms with Crippen LogP contribution in [0.5, 0.6) is 5.75 Å². The Balaban J connectivity index is 1.82. The van der Waals surface area contributed by atoms with E-state index < -0.39 is 17.8 Å². The van der Waals surface area contributed by atoms with Gasteiger partial charge in [0.25, 0.3) is 5.91 Å². The Kier molecular flexibility index (Phi) is 10.1. The second-order valence-corrected chi connectivity index (χ2v) is 8.79. The summed E-state index contributed by atoms with van der Waals surface area (Å²) in [4.78, 5) is 37.6. The number of nitrogens with one attached hydrogen (secondary N) is 1. The molecule has 2 N–H and O–H groups in total. The highest BCUT2D eigenvalue weighted by atomic mass is 16.5. The number of aliphatic carboxylic acids is 1. The van der Waals surface area contributed by atoms with Crippen LogP contribution < -0.4 is 10.2 Å². The van der Waals surface area contributed by atoms with Gasteiger partial charge < -0.3 is 14.6 Å². The lowest BCUT2D eigenvalue weighted by Crippen LogP contribution is -2.65. The van der Waals surface area contributed by atoms with Crippen LogP contribution in [0.3, 0.4) is 0 Å². The van der Waals surface area contributed by atoms with Crippen molar-refractivity contribution >= 4 is 17.9 Å². The molecule has 1 aromatic carbocycles. The topological polar surface area (TPSA) is 108 Å². The molecule has 1 fully saturated rings. The number of carbonyl (C=O) groups is 3. The van der Waals surface area contributed by atoms with Crippen molar-refractivity contribution in [3.63, 3.8) is 0 Å². The number of benzene rings is 1. The number of hydrogen-bond acceptors (Lipinski definition) is 6. The SMILES string of the molecule is CCCCCCCN1C(=O)C(OCCCc2cccc(OC(C)(C)C(=O)O)c2)NN(C)C1=O. The van der Waals surface area contributed by atoms with Crippen LogP contribution in [0.15, 0.2) is 24.3 Å². The molecule has 1 aliphatic heterocycles. The standard InChI is InChI=1S/C24H37N3O6/c1-5-6-7-8-9-15-27-21(28)20(25-26(4)23(27)31)32-16-11-13-18-12-10-14-19(17-18)33-24(2,3)22(29)30/h10,12,14,17,20,25H,5-9,11,13,15-16H2,1-4H3,(H,29,30). The number of carboxylic acid groups (broad SMARTS) is 1. The van der Waals surface area contributed by atoms with Crippen molar-refractivity contribution in [1.82, 2.24) is 15.3 Å². The van der Waals surface area contributed by atoms with E-state index >= 15 is 0 Å². The summed E-state index contributed by atoms with van der Waals surface area (Å²) in [7, 11) is 1.58. The van der Waals surface area contributed by atoms with Crippen molar-refractivity contribution in [1.29, 1.82) is 0 Å². The summed E-state index contributed by atoms with van der Waals surface area (Å²) in [6.45, 7) is 5.86. The van der Waals surface area contributed by atoms with Crippen molar-refractivity contribution in [3.05, 3.63) is 29.8 Å². The molecule has 184 valence electrons. The zero-order chi connectivity index (χ0) is 24.4. The van der Waals surface area contributed by atoms with E-state index in [1.54, 1.807) is 19.2 Å². The lowest BCUT2D eigenvalue weighted by Gasteiger charge is -2.37. The maximum absolute atomic E-state index is 12.7. The molecule has 1 unspecified atom stereocenters. The molecular weight excluding hydrogens is 426 g/mol. The van der Waals surface area contributed by atoms with Crippen LogP contribution in [0.2, 0.25) is 0 Å². The van der Waals surface area contributed by atoms with Crippen LogP contribution in [0.25, 0.3) is 0 Å². The number of hydrogen-bond donors (Lipinski definition) is 2. The highest BCUT2D eigenvalue weighted by Gasteiger charge is 2.37. The summed E-state index contributed by atoms with van der Waals surface area (Å²) in [5.41, 5.74) is 2.45. The second-order valence-electron chi connectivity index (χ2n) is 8.79. The number of carboxylic acids is 1. The van der Waals surface area contributed by atoms with Crippen molar-refractivity contribution in [2.75, 3.05) is 20.2 Å². The van der Waals surface area contributed by atoms with Gasteiger partial charge in [-0.3, -0.25) is 14.7 Å². The van der Waals surface area contributed by atoms with E-state index in [0.717, 1.165) is 37.7 Å². The zero-order valence-electron chi connectivity index (χ0n) is 20.1. The predicted molar refractivity (Wildman–Crippen MR) is 124 cm³/mol. The van der Waals surface area contributed by atoms with Gasteiger partial charge in [0.15, 0.2) is 5.60 Å². The number of nitrogens with zero attached hydrogens (tertiary/aromatic N) is 2. The van der Waals surface area contributed by atoms with E-state index in [1.165, 1.54) is 23.8 Å². The number of urea groups is 1. The largest absolute Gasteiger partial charge is 0.478 e. The Bertz CT molecular complexity index is 813. The van der Waals surface area contributed by atoms with Crippen molar-refractivity contribution in [2.45, 2.75) is 77.5 Å². The second kappa shape index (κ2) is 12.6. The van der Waals surface area contributed by atoms with Gasteiger partial charge in [0, 0.05) is 20.2 Å². The smallest absolute Gasteiger partial charge is 0.347 e. The number of unbranched alkanes of at least 4 members (excludes halogenated alkanes) is 4. The molecule has 1 saturated heterocycles. The first-order valence-corrected chi connectivity index (χ1v) is 11.6. The minimum atomic E-state index is -1.32. The first-order chi connectivity index (χ1) is 15.7. The lowest BCUT2D eigenvalue weighted by molar-refractivity contribution is -0.153. The van der Waals surface area contributed by atoms with E-state index in [2.05, 4.69) is 12.3 Å². The van der Waals surface area contributed by atoms with Crippen LogP contribution in [-0.4, -0.2) is 65.0 Å². The molecule has 0 bridgehead atoms. The van der Waals surface area contributed by atoms with E-state index in [9.17, 15) is 19.5 Å². The number of hydrazine groups is 1. The average molecular weight is 464 g/mol. The molecule has 9 heteroatoms. The molecule has 0 aliphatic carbocycles. The summed E-state index contributed by atoms with van der Waals surface area (Å²) in [5.74, 6) is -0.913. The van der Waals surface area contributed by atoms with Gasteiger partial charge in [-0.05, 0) is 50.8 Å². The minimum absolute atomic E-state index is 0.321. The summed E-state index contributed by atoms with van der Waals surface area (Å²) in [6.07, 6.45) is 5.58. The van der Waals surface area contributed by atoms with Gasteiger partial charge in [0.1, 0.15) is 5.75 Å². The lowest BCUT2D eigenvalue weighted by atomic mass is 10.1. The number of amides is 3.